The quantitative estimate of drug-likeness (QED) is 0.798. The van der Waals surface area contributed by atoms with Crippen LogP contribution in [0.25, 0.3) is 0 Å². The van der Waals surface area contributed by atoms with E-state index in [1.807, 2.05) is 0 Å². The van der Waals surface area contributed by atoms with Crippen molar-refractivity contribution in [2.45, 2.75) is 13.3 Å². The molecule has 1 atom stereocenters. The maximum atomic E-state index is 12.0. The van der Waals surface area contributed by atoms with Gasteiger partial charge in [0.15, 0.2) is 0 Å². The number of halogens is 2. The number of aromatic nitrogens is 1. The summed E-state index contributed by atoms with van der Waals surface area (Å²) in [5.41, 5.74) is 1.37. The normalized spacial score (nSPS) is 20.1. The van der Waals surface area contributed by atoms with Crippen LogP contribution in [0.1, 0.15) is 12.0 Å². The zero-order chi connectivity index (χ0) is 14.2. The fraction of sp³-hybridized carbons (Fsp3) is 0.455. The van der Waals surface area contributed by atoms with Crippen LogP contribution in [0.4, 0.5) is 5.69 Å². The highest BCUT2D eigenvalue weighted by Gasteiger charge is 2.34. The molecule has 1 aliphatic heterocycles. The first-order valence-corrected chi connectivity index (χ1v) is 8.46. The minimum absolute atomic E-state index is 0.151. The average molecular weight is 323 g/mol. The Labute approximate surface area is 120 Å². The van der Waals surface area contributed by atoms with E-state index in [-0.39, 0.29) is 24.0 Å². The Kier molecular flexibility index (Phi) is 4.03. The molecule has 1 aliphatic rings. The van der Waals surface area contributed by atoms with Crippen LogP contribution in [0.5, 0.6) is 0 Å². The van der Waals surface area contributed by atoms with Crippen molar-refractivity contribution in [3.63, 3.8) is 0 Å². The molecule has 1 unspecified atom stereocenters. The summed E-state index contributed by atoms with van der Waals surface area (Å²) in [5.74, 6) is -0.668. The second-order valence-corrected chi connectivity index (χ2v) is 7.80. The van der Waals surface area contributed by atoms with Gasteiger partial charge in [0, 0.05) is 42.0 Å². The lowest BCUT2D eigenvalue weighted by atomic mass is 10.1. The number of nitrogens with zero attached hydrogens (tertiary/aromatic N) is 2. The molecule has 5 nitrogen and oxygen atoms in total. The van der Waals surface area contributed by atoms with E-state index in [0.717, 1.165) is 5.56 Å². The Bertz CT molecular complexity index is 598. The third-order valence-electron chi connectivity index (χ3n) is 2.97. The monoisotopic (exact) mass is 322 g/mol. The van der Waals surface area contributed by atoms with Gasteiger partial charge in [-0.1, -0.05) is 11.6 Å². The first-order valence-electron chi connectivity index (χ1n) is 5.60. The molecule has 0 saturated carbocycles. The predicted octanol–water partition coefficient (Wildman–Crippen LogP) is 1.96. The number of carbonyl (C=O) groups excluding carboxylic acids is 1. The topological polar surface area (TPSA) is 67.3 Å². The number of hydrogen-bond acceptors (Lipinski definition) is 4. The summed E-state index contributed by atoms with van der Waals surface area (Å²) < 4.78 is 22.1. The largest absolute Gasteiger partial charge is 0.310 e. The molecular formula is C11H12Cl2N2O3S. The Hall–Kier alpha value is -0.850. The SMILES string of the molecule is Cc1cncc(Cl)c1N1CC(CS(=O)(=O)Cl)CC1=O. The minimum Gasteiger partial charge on any atom is -0.310 e. The van der Waals surface area contributed by atoms with Crippen LogP contribution in [0.2, 0.25) is 5.02 Å². The van der Waals surface area contributed by atoms with Gasteiger partial charge in [-0.2, -0.15) is 0 Å². The van der Waals surface area contributed by atoms with E-state index in [9.17, 15) is 13.2 Å². The maximum Gasteiger partial charge on any atom is 0.232 e. The molecule has 2 rings (SSSR count). The molecule has 8 heteroatoms. The molecule has 0 aromatic carbocycles. The summed E-state index contributed by atoms with van der Waals surface area (Å²) in [6, 6.07) is 0. The smallest absolute Gasteiger partial charge is 0.232 e. The molecule has 0 spiro atoms. The Balaban J connectivity index is 2.26. The number of amides is 1. The highest BCUT2D eigenvalue weighted by molar-refractivity contribution is 8.13. The van der Waals surface area contributed by atoms with Crippen molar-refractivity contribution in [1.29, 1.82) is 0 Å². The molecule has 19 heavy (non-hydrogen) atoms. The molecule has 1 aromatic rings. The molecule has 2 heterocycles. The average Bonchev–Trinajstić information content (AvgIpc) is 2.56. The van der Waals surface area contributed by atoms with Crippen molar-refractivity contribution >= 4 is 42.9 Å². The first-order chi connectivity index (χ1) is 8.78. The van der Waals surface area contributed by atoms with E-state index in [1.165, 1.54) is 11.1 Å². The van der Waals surface area contributed by atoms with Gasteiger partial charge in [0.1, 0.15) is 0 Å². The molecule has 0 N–H and O–H groups in total. The molecule has 0 bridgehead atoms. The molecule has 1 aromatic heterocycles. The molecular weight excluding hydrogens is 311 g/mol. The number of anilines is 1. The van der Waals surface area contributed by atoms with E-state index in [0.29, 0.717) is 17.3 Å². The van der Waals surface area contributed by atoms with Gasteiger partial charge in [0.25, 0.3) is 0 Å². The lowest BCUT2D eigenvalue weighted by Gasteiger charge is -2.20. The van der Waals surface area contributed by atoms with Gasteiger partial charge in [0.2, 0.25) is 15.0 Å². The van der Waals surface area contributed by atoms with E-state index >= 15 is 0 Å². The van der Waals surface area contributed by atoms with Gasteiger partial charge in [-0.25, -0.2) is 8.42 Å². The van der Waals surface area contributed by atoms with Gasteiger partial charge in [-0.15, -0.1) is 0 Å². The highest BCUT2D eigenvalue weighted by Crippen LogP contribution is 2.33. The van der Waals surface area contributed by atoms with Gasteiger partial charge < -0.3 is 4.90 Å². The zero-order valence-electron chi connectivity index (χ0n) is 10.1. The third-order valence-corrected chi connectivity index (χ3v) is 4.49. The Morgan fingerprint density at radius 1 is 1.47 bits per heavy atom. The van der Waals surface area contributed by atoms with E-state index in [1.54, 1.807) is 13.1 Å². The second kappa shape index (κ2) is 5.26. The molecule has 1 saturated heterocycles. The predicted molar refractivity (Wildman–Crippen MR) is 74.1 cm³/mol. The first kappa shape index (κ1) is 14.6. The van der Waals surface area contributed by atoms with Crippen molar-refractivity contribution < 1.29 is 13.2 Å². The van der Waals surface area contributed by atoms with Crippen molar-refractivity contribution in [2.75, 3.05) is 17.2 Å². The van der Waals surface area contributed by atoms with Crippen LogP contribution >= 0.6 is 22.3 Å². The van der Waals surface area contributed by atoms with E-state index in [2.05, 4.69) is 4.98 Å². The molecule has 1 amide bonds. The minimum atomic E-state index is -3.61. The van der Waals surface area contributed by atoms with E-state index in [4.69, 9.17) is 22.3 Å². The van der Waals surface area contributed by atoms with Crippen molar-refractivity contribution in [1.82, 2.24) is 4.98 Å². The standard InChI is InChI=1S/C11H12Cl2N2O3S/c1-7-3-14-4-9(12)11(7)15-5-8(2-10(15)16)6-19(13,17)18/h3-4,8H,2,5-6H2,1H3. The van der Waals surface area contributed by atoms with Crippen molar-refractivity contribution in [2.24, 2.45) is 5.92 Å². The molecule has 1 fully saturated rings. The summed E-state index contributed by atoms with van der Waals surface area (Å²) in [6.45, 7) is 2.10. The number of hydrogen-bond donors (Lipinski definition) is 0. The maximum absolute atomic E-state index is 12.0. The highest BCUT2D eigenvalue weighted by atomic mass is 35.7. The van der Waals surface area contributed by atoms with Crippen molar-refractivity contribution in [3.8, 4) is 0 Å². The van der Waals surface area contributed by atoms with Gasteiger partial charge >= 0.3 is 0 Å². The molecule has 104 valence electrons. The van der Waals surface area contributed by atoms with Crippen LogP contribution in [0.15, 0.2) is 12.4 Å². The van der Waals surface area contributed by atoms with Crippen LogP contribution in [0, 0.1) is 12.8 Å². The fourth-order valence-corrected chi connectivity index (χ4v) is 3.89. The Morgan fingerprint density at radius 2 is 2.16 bits per heavy atom. The number of carbonyl (C=O) groups is 1. The second-order valence-electron chi connectivity index (χ2n) is 4.57. The Morgan fingerprint density at radius 3 is 2.74 bits per heavy atom. The van der Waals surface area contributed by atoms with E-state index < -0.39 is 9.05 Å². The summed E-state index contributed by atoms with van der Waals surface area (Å²) in [6.07, 6.45) is 3.23. The third kappa shape index (κ3) is 3.38. The number of rotatable bonds is 3. The van der Waals surface area contributed by atoms with Crippen LogP contribution in [0.3, 0.4) is 0 Å². The molecule has 0 radical (unpaired) electrons. The summed E-state index contributed by atoms with van der Waals surface area (Å²) in [7, 11) is 1.61. The summed E-state index contributed by atoms with van der Waals surface area (Å²) in [5, 5.41) is 0.378. The van der Waals surface area contributed by atoms with Gasteiger partial charge in [0.05, 0.1) is 16.5 Å². The summed E-state index contributed by atoms with van der Waals surface area (Å²) in [4.78, 5) is 17.4. The lowest BCUT2D eigenvalue weighted by Crippen LogP contribution is -2.26. The van der Waals surface area contributed by atoms with Crippen LogP contribution in [-0.4, -0.2) is 31.6 Å². The van der Waals surface area contributed by atoms with Gasteiger partial charge in [-0.3, -0.25) is 9.78 Å². The molecule has 0 aliphatic carbocycles. The fourth-order valence-electron chi connectivity index (χ4n) is 2.26. The number of pyridine rings is 1. The lowest BCUT2D eigenvalue weighted by molar-refractivity contribution is -0.117. The van der Waals surface area contributed by atoms with Gasteiger partial charge in [-0.05, 0) is 12.5 Å². The van der Waals surface area contributed by atoms with Crippen molar-refractivity contribution in [3.05, 3.63) is 23.0 Å². The number of aryl methyl sites for hydroxylation is 1. The summed E-state index contributed by atoms with van der Waals surface area (Å²) >= 11 is 6.05. The van der Waals surface area contributed by atoms with Crippen LogP contribution < -0.4 is 4.90 Å². The van der Waals surface area contributed by atoms with Crippen LogP contribution in [-0.2, 0) is 13.8 Å². The zero-order valence-corrected chi connectivity index (χ0v) is 12.5.